The van der Waals surface area contributed by atoms with Gasteiger partial charge in [-0.15, -0.1) is 0 Å². The van der Waals surface area contributed by atoms with Gasteiger partial charge in [0, 0.05) is 17.1 Å². The highest BCUT2D eigenvalue weighted by Gasteiger charge is 2.27. The van der Waals surface area contributed by atoms with Crippen LogP contribution in [0.5, 0.6) is 5.75 Å². The maximum absolute atomic E-state index is 13.4. The molecule has 1 aliphatic rings. The molecule has 0 bridgehead atoms. The van der Waals surface area contributed by atoms with E-state index in [4.69, 9.17) is 9.84 Å². The molecule has 0 atom stereocenters. The van der Waals surface area contributed by atoms with Crippen LogP contribution in [0, 0.1) is 0 Å². The molecule has 0 saturated heterocycles. The Morgan fingerprint density at radius 3 is 2.57 bits per heavy atom. The van der Waals surface area contributed by atoms with Gasteiger partial charge in [0.1, 0.15) is 11.4 Å². The molecular weight excluding hydrogens is 376 g/mol. The summed E-state index contributed by atoms with van der Waals surface area (Å²) < 4.78 is 7.32. The normalized spacial score (nSPS) is 13.7. The molecule has 2 aromatic heterocycles. The number of rotatable bonds is 4. The Morgan fingerprint density at radius 2 is 1.80 bits per heavy atom. The van der Waals surface area contributed by atoms with Gasteiger partial charge < -0.3 is 9.30 Å². The van der Waals surface area contributed by atoms with E-state index in [9.17, 15) is 4.79 Å². The topological polar surface area (TPSA) is 59.7 Å². The number of benzene rings is 2. The molecule has 30 heavy (non-hydrogen) atoms. The first-order valence-electron chi connectivity index (χ1n) is 9.75. The smallest absolute Gasteiger partial charge is 0.290 e. The van der Waals surface area contributed by atoms with Gasteiger partial charge in [-0.2, -0.15) is 5.10 Å². The van der Waals surface area contributed by atoms with Gasteiger partial charge in [-0.3, -0.25) is 9.78 Å². The summed E-state index contributed by atoms with van der Waals surface area (Å²) >= 11 is 0. The van der Waals surface area contributed by atoms with Crippen molar-refractivity contribution in [2.45, 2.75) is 13.1 Å². The minimum atomic E-state index is -0.139. The maximum Gasteiger partial charge on any atom is 0.290 e. The third-order valence-corrected chi connectivity index (χ3v) is 5.27. The van der Waals surface area contributed by atoms with Crippen LogP contribution < -0.4 is 4.74 Å². The number of para-hydroxylation sites is 1. The zero-order valence-corrected chi connectivity index (χ0v) is 16.5. The number of hydrogen-bond donors (Lipinski definition) is 0. The van der Waals surface area contributed by atoms with Crippen molar-refractivity contribution in [1.29, 1.82) is 0 Å². The number of carbonyl (C=O) groups is 1. The highest BCUT2D eigenvalue weighted by atomic mass is 16.5. The molecule has 0 spiro atoms. The van der Waals surface area contributed by atoms with Crippen molar-refractivity contribution < 1.29 is 9.53 Å². The molecule has 0 radical (unpaired) electrons. The van der Waals surface area contributed by atoms with Crippen molar-refractivity contribution >= 4 is 22.5 Å². The van der Waals surface area contributed by atoms with Crippen LogP contribution in [0.3, 0.4) is 0 Å². The molecule has 0 saturated carbocycles. The van der Waals surface area contributed by atoms with Crippen molar-refractivity contribution in [3.8, 4) is 5.75 Å². The van der Waals surface area contributed by atoms with E-state index >= 15 is 0 Å². The van der Waals surface area contributed by atoms with Crippen LogP contribution in [-0.2, 0) is 13.1 Å². The molecule has 2 aromatic carbocycles. The van der Waals surface area contributed by atoms with Gasteiger partial charge in [-0.1, -0.05) is 24.3 Å². The molecule has 4 aromatic rings. The summed E-state index contributed by atoms with van der Waals surface area (Å²) in [6.45, 7) is 0.806. The van der Waals surface area contributed by atoms with Crippen molar-refractivity contribution in [3.63, 3.8) is 0 Å². The summed E-state index contributed by atoms with van der Waals surface area (Å²) in [5, 5.41) is 7.32. The quantitative estimate of drug-likeness (QED) is 0.522. The van der Waals surface area contributed by atoms with Crippen LogP contribution in [0.25, 0.3) is 10.9 Å². The molecule has 6 nitrogen and oxygen atoms in total. The lowest BCUT2D eigenvalue weighted by atomic mass is 10.1. The Bertz CT molecular complexity index is 1240. The first-order chi connectivity index (χ1) is 14.7. The summed E-state index contributed by atoms with van der Waals surface area (Å²) in [5.74, 6) is 0.641. The Morgan fingerprint density at radius 1 is 1.00 bits per heavy atom. The van der Waals surface area contributed by atoms with E-state index in [1.165, 1.54) is 5.01 Å². The Hall–Kier alpha value is -3.93. The number of pyridine rings is 1. The number of hydrogen-bond acceptors (Lipinski definition) is 4. The third kappa shape index (κ3) is 3.22. The molecule has 1 amide bonds. The fourth-order valence-corrected chi connectivity index (χ4v) is 3.75. The first kappa shape index (κ1) is 18.1. The fraction of sp³-hybridized carbons (Fsp3) is 0.125. The molecule has 0 unspecified atom stereocenters. The summed E-state index contributed by atoms with van der Waals surface area (Å²) in [6.07, 6.45) is 1.72. The molecule has 0 fully saturated rings. The van der Waals surface area contributed by atoms with Gasteiger partial charge in [0.2, 0.25) is 0 Å². The van der Waals surface area contributed by atoms with E-state index in [2.05, 4.69) is 4.98 Å². The minimum absolute atomic E-state index is 0.139. The highest BCUT2D eigenvalue weighted by molar-refractivity contribution is 6.06. The van der Waals surface area contributed by atoms with E-state index in [-0.39, 0.29) is 5.91 Å². The highest BCUT2D eigenvalue weighted by Crippen LogP contribution is 2.25. The predicted molar refractivity (Wildman–Crippen MR) is 116 cm³/mol. The second-order valence-corrected chi connectivity index (χ2v) is 7.13. The first-order valence-corrected chi connectivity index (χ1v) is 9.75. The Labute approximate surface area is 174 Å². The monoisotopic (exact) mass is 396 g/mol. The number of fused-ring (bicyclic) bond motifs is 3. The Kier molecular flexibility index (Phi) is 4.52. The van der Waals surface area contributed by atoms with Gasteiger partial charge in [-0.25, -0.2) is 5.01 Å². The van der Waals surface area contributed by atoms with Gasteiger partial charge in [-0.05, 0) is 54.1 Å². The van der Waals surface area contributed by atoms with Crippen molar-refractivity contribution in [2.24, 2.45) is 5.10 Å². The number of nitrogens with zero attached hydrogens (tertiary/aromatic N) is 4. The van der Waals surface area contributed by atoms with E-state index in [0.29, 0.717) is 18.8 Å². The minimum Gasteiger partial charge on any atom is -0.497 e. The number of aromatic nitrogens is 2. The van der Waals surface area contributed by atoms with Crippen LogP contribution in [0.2, 0.25) is 0 Å². The summed E-state index contributed by atoms with van der Waals surface area (Å²) in [5.41, 5.74) is 4.18. The lowest BCUT2D eigenvalue weighted by Crippen LogP contribution is -2.26. The second kappa shape index (κ2) is 7.48. The zero-order valence-electron chi connectivity index (χ0n) is 16.5. The number of amides is 1. The SMILES string of the molecule is COc1ccc(C2=NN(Cc3ccccn3)C(=O)c3cc4ccccc4n3C2)cc1. The average Bonchev–Trinajstić information content (AvgIpc) is 3.10. The van der Waals surface area contributed by atoms with E-state index < -0.39 is 0 Å². The molecular formula is C24H20N4O2. The van der Waals surface area contributed by atoms with Gasteiger partial charge >= 0.3 is 0 Å². The molecule has 148 valence electrons. The number of methoxy groups -OCH3 is 1. The fourth-order valence-electron chi connectivity index (χ4n) is 3.75. The summed E-state index contributed by atoms with van der Waals surface area (Å²) in [4.78, 5) is 17.8. The summed E-state index contributed by atoms with van der Waals surface area (Å²) in [7, 11) is 1.64. The van der Waals surface area contributed by atoms with Crippen LogP contribution in [0.15, 0.2) is 84.1 Å². The lowest BCUT2D eigenvalue weighted by molar-refractivity contribution is 0.0742. The van der Waals surface area contributed by atoms with Crippen LogP contribution in [0.1, 0.15) is 21.7 Å². The van der Waals surface area contributed by atoms with Crippen molar-refractivity contribution in [3.05, 3.63) is 95.9 Å². The molecule has 3 heterocycles. The third-order valence-electron chi connectivity index (χ3n) is 5.27. The molecule has 0 N–H and O–H groups in total. The second-order valence-electron chi connectivity index (χ2n) is 7.13. The van der Waals surface area contributed by atoms with Crippen LogP contribution in [-0.4, -0.2) is 33.3 Å². The molecule has 1 aliphatic heterocycles. The van der Waals surface area contributed by atoms with Crippen molar-refractivity contribution in [2.75, 3.05) is 7.11 Å². The predicted octanol–water partition coefficient (Wildman–Crippen LogP) is 4.11. The molecule has 5 rings (SSSR count). The van der Waals surface area contributed by atoms with E-state index in [0.717, 1.165) is 33.6 Å². The molecule has 0 aliphatic carbocycles. The standard InChI is InChI=1S/C24H20N4O2/c1-30-20-11-9-17(10-12-20)21-16-27-22-8-3-2-6-18(22)14-23(27)24(29)28(26-21)15-19-7-4-5-13-25-19/h2-14H,15-16H2,1H3. The van der Waals surface area contributed by atoms with Crippen LogP contribution >= 0.6 is 0 Å². The molecule has 6 heteroatoms. The average molecular weight is 396 g/mol. The Balaban J connectivity index is 1.64. The van der Waals surface area contributed by atoms with Gasteiger partial charge in [0.05, 0.1) is 31.6 Å². The van der Waals surface area contributed by atoms with E-state index in [1.54, 1.807) is 13.3 Å². The number of carbonyl (C=O) groups excluding carboxylic acids is 1. The maximum atomic E-state index is 13.4. The van der Waals surface area contributed by atoms with Gasteiger partial charge in [0.25, 0.3) is 5.91 Å². The number of hydrazone groups is 1. The van der Waals surface area contributed by atoms with Crippen LogP contribution in [0.4, 0.5) is 0 Å². The van der Waals surface area contributed by atoms with Gasteiger partial charge in [0.15, 0.2) is 0 Å². The summed E-state index contributed by atoms with van der Waals surface area (Å²) in [6, 6.07) is 23.4. The number of ether oxygens (including phenoxy) is 1. The van der Waals surface area contributed by atoms with E-state index in [1.807, 2.05) is 77.4 Å². The van der Waals surface area contributed by atoms with Crippen molar-refractivity contribution in [1.82, 2.24) is 14.6 Å². The zero-order chi connectivity index (χ0) is 20.5. The largest absolute Gasteiger partial charge is 0.497 e. The lowest BCUT2D eigenvalue weighted by Gasteiger charge is -2.16.